The molecule has 6 heteroatoms. The number of hydrogen-bond donors (Lipinski definition) is 1. The van der Waals surface area contributed by atoms with Gasteiger partial charge in [-0.05, 0) is 34.1 Å². The molecule has 2 rings (SSSR count). The molecule has 0 saturated carbocycles. The first-order valence-corrected chi connectivity index (χ1v) is 6.23. The second-order valence-corrected chi connectivity index (χ2v) is 4.97. The normalized spacial score (nSPS) is 10.6. The molecule has 0 fully saturated rings. The minimum Gasteiger partial charge on any atom is -0.466 e. The molecule has 1 aromatic heterocycles. The van der Waals surface area contributed by atoms with Gasteiger partial charge in [0.1, 0.15) is 5.76 Å². The van der Waals surface area contributed by atoms with Gasteiger partial charge in [0.15, 0.2) is 5.82 Å². The van der Waals surface area contributed by atoms with Crippen molar-refractivity contribution in [2.45, 2.75) is 6.54 Å². The molecule has 1 N–H and O–H groups in total. The van der Waals surface area contributed by atoms with Crippen LogP contribution in [0.5, 0.6) is 0 Å². The van der Waals surface area contributed by atoms with Gasteiger partial charge in [0.25, 0.3) is 0 Å². The van der Waals surface area contributed by atoms with Crippen molar-refractivity contribution in [2.75, 3.05) is 5.32 Å². The summed E-state index contributed by atoms with van der Waals surface area (Å²) >= 11 is 14.7. The van der Waals surface area contributed by atoms with Gasteiger partial charge in [-0.25, -0.2) is 4.39 Å². The summed E-state index contributed by atoms with van der Waals surface area (Å²) in [5.41, 5.74) is 0.629. The van der Waals surface area contributed by atoms with Crippen molar-refractivity contribution in [3.8, 4) is 0 Å². The van der Waals surface area contributed by atoms with Crippen LogP contribution in [0.25, 0.3) is 0 Å². The molecule has 2 nitrogen and oxygen atoms in total. The molecule has 0 aliphatic rings. The maximum atomic E-state index is 13.2. The SMILES string of the molecule is Fc1c(Cl)cc(NCc2occc2Br)cc1Cl. The monoisotopic (exact) mass is 337 g/mol. The van der Waals surface area contributed by atoms with Crippen molar-refractivity contribution < 1.29 is 8.81 Å². The zero-order valence-electron chi connectivity index (χ0n) is 8.44. The van der Waals surface area contributed by atoms with Crippen molar-refractivity contribution in [1.82, 2.24) is 0 Å². The van der Waals surface area contributed by atoms with Crippen molar-refractivity contribution in [1.29, 1.82) is 0 Å². The van der Waals surface area contributed by atoms with Gasteiger partial charge in [-0.1, -0.05) is 23.2 Å². The summed E-state index contributed by atoms with van der Waals surface area (Å²) < 4.78 is 19.3. The van der Waals surface area contributed by atoms with Gasteiger partial charge in [-0.15, -0.1) is 0 Å². The van der Waals surface area contributed by atoms with Gasteiger partial charge in [-0.3, -0.25) is 0 Å². The zero-order chi connectivity index (χ0) is 12.4. The second-order valence-electron chi connectivity index (χ2n) is 3.30. The molecule has 0 spiro atoms. The van der Waals surface area contributed by atoms with Crippen LogP contribution in [0.1, 0.15) is 5.76 Å². The first-order chi connectivity index (χ1) is 8.08. The Labute approximate surface area is 116 Å². The maximum Gasteiger partial charge on any atom is 0.160 e. The van der Waals surface area contributed by atoms with E-state index in [4.69, 9.17) is 27.6 Å². The van der Waals surface area contributed by atoms with E-state index in [1.807, 2.05) is 0 Å². The van der Waals surface area contributed by atoms with Crippen LogP contribution in [-0.2, 0) is 6.54 Å². The van der Waals surface area contributed by atoms with Crippen LogP contribution in [-0.4, -0.2) is 0 Å². The van der Waals surface area contributed by atoms with Crippen LogP contribution in [0.3, 0.4) is 0 Å². The Morgan fingerprint density at radius 1 is 1.29 bits per heavy atom. The molecule has 0 atom stereocenters. The molecule has 90 valence electrons. The molecule has 1 aromatic carbocycles. The van der Waals surface area contributed by atoms with E-state index in [2.05, 4.69) is 21.2 Å². The average molecular weight is 339 g/mol. The topological polar surface area (TPSA) is 25.2 Å². The van der Waals surface area contributed by atoms with Gasteiger partial charge in [0, 0.05) is 5.69 Å². The lowest BCUT2D eigenvalue weighted by Gasteiger charge is -2.07. The molecule has 0 saturated heterocycles. The highest BCUT2D eigenvalue weighted by Crippen LogP contribution is 2.28. The summed E-state index contributed by atoms with van der Waals surface area (Å²) in [5, 5.41) is 3.01. The smallest absolute Gasteiger partial charge is 0.160 e. The second kappa shape index (κ2) is 5.29. The lowest BCUT2D eigenvalue weighted by atomic mass is 10.3. The number of rotatable bonds is 3. The summed E-state index contributed by atoms with van der Waals surface area (Å²) in [5.74, 6) is 0.125. The third-order valence-corrected chi connectivity index (χ3v) is 3.38. The van der Waals surface area contributed by atoms with Crippen molar-refractivity contribution in [3.63, 3.8) is 0 Å². The molecule has 17 heavy (non-hydrogen) atoms. The van der Waals surface area contributed by atoms with E-state index in [0.29, 0.717) is 12.2 Å². The third kappa shape index (κ3) is 2.94. The largest absolute Gasteiger partial charge is 0.466 e. The Kier molecular flexibility index (Phi) is 3.97. The third-order valence-electron chi connectivity index (χ3n) is 2.13. The number of hydrogen-bond acceptors (Lipinski definition) is 2. The van der Waals surface area contributed by atoms with Gasteiger partial charge >= 0.3 is 0 Å². The quantitative estimate of drug-likeness (QED) is 0.787. The van der Waals surface area contributed by atoms with Gasteiger partial charge in [0.2, 0.25) is 0 Å². The molecular weight excluding hydrogens is 332 g/mol. The number of furan rings is 1. The fourth-order valence-corrected chi connectivity index (χ4v) is 2.12. The van der Waals surface area contributed by atoms with Crippen LogP contribution in [0.4, 0.5) is 10.1 Å². The van der Waals surface area contributed by atoms with Crippen molar-refractivity contribution in [3.05, 3.63) is 50.6 Å². The highest BCUT2D eigenvalue weighted by atomic mass is 79.9. The summed E-state index contributed by atoms with van der Waals surface area (Å²) in [6, 6.07) is 4.74. The molecule has 0 amide bonds. The van der Waals surface area contributed by atoms with E-state index in [9.17, 15) is 4.39 Å². The minimum absolute atomic E-state index is 0.0153. The highest BCUT2D eigenvalue weighted by molar-refractivity contribution is 9.10. The van der Waals surface area contributed by atoms with Crippen LogP contribution in [0.15, 0.2) is 33.4 Å². The van der Waals surface area contributed by atoms with Crippen LogP contribution in [0.2, 0.25) is 10.0 Å². The molecule has 0 bridgehead atoms. The summed E-state index contributed by atoms with van der Waals surface area (Å²) in [6.07, 6.45) is 1.58. The lowest BCUT2D eigenvalue weighted by molar-refractivity contribution is 0.516. The summed E-state index contributed by atoms with van der Waals surface area (Å²) in [4.78, 5) is 0. The Bertz CT molecular complexity index is 521. The summed E-state index contributed by atoms with van der Waals surface area (Å²) in [7, 11) is 0. The van der Waals surface area contributed by atoms with E-state index >= 15 is 0 Å². The van der Waals surface area contributed by atoms with Gasteiger partial charge in [-0.2, -0.15) is 0 Å². The molecule has 0 aliphatic heterocycles. The Morgan fingerprint density at radius 3 is 2.47 bits per heavy atom. The molecular formula is C11H7BrCl2FNO. The van der Waals surface area contributed by atoms with E-state index in [0.717, 1.165) is 10.2 Å². The summed E-state index contributed by atoms with van der Waals surface area (Å²) in [6.45, 7) is 0.450. The van der Waals surface area contributed by atoms with Crippen LogP contribution < -0.4 is 5.32 Å². The standard InChI is InChI=1S/C11H7BrCl2FNO/c12-7-1-2-17-10(7)5-16-6-3-8(13)11(15)9(14)4-6/h1-4,16H,5H2. The van der Waals surface area contributed by atoms with Crippen molar-refractivity contribution in [2.24, 2.45) is 0 Å². The first kappa shape index (κ1) is 12.7. The van der Waals surface area contributed by atoms with Crippen LogP contribution >= 0.6 is 39.1 Å². The number of nitrogens with one attached hydrogen (secondary N) is 1. The fraction of sp³-hybridized carbons (Fsp3) is 0.0909. The van der Waals surface area contributed by atoms with E-state index < -0.39 is 5.82 Å². The van der Waals surface area contributed by atoms with Crippen LogP contribution in [0, 0.1) is 5.82 Å². The Morgan fingerprint density at radius 2 is 1.94 bits per heavy atom. The molecule has 2 aromatic rings. The Balaban J connectivity index is 2.12. The van der Waals surface area contributed by atoms with Gasteiger partial charge < -0.3 is 9.73 Å². The zero-order valence-corrected chi connectivity index (χ0v) is 11.5. The minimum atomic E-state index is -0.613. The molecule has 0 radical (unpaired) electrons. The van der Waals surface area contributed by atoms with E-state index in [-0.39, 0.29) is 10.0 Å². The number of anilines is 1. The lowest BCUT2D eigenvalue weighted by Crippen LogP contribution is -1.99. The van der Waals surface area contributed by atoms with Crippen molar-refractivity contribution >= 4 is 44.8 Å². The molecule has 1 heterocycles. The highest BCUT2D eigenvalue weighted by Gasteiger charge is 2.08. The predicted molar refractivity (Wildman–Crippen MR) is 70.2 cm³/mol. The average Bonchev–Trinajstić information content (AvgIpc) is 2.69. The fourth-order valence-electron chi connectivity index (χ4n) is 1.29. The molecule has 0 aliphatic carbocycles. The molecule has 0 unspecified atom stereocenters. The Hall–Kier alpha value is -0.710. The van der Waals surface area contributed by atoms with E-state index in [1.165, 1.54) is 12.1 Å². The first-order valence-electron chi connectivity index (χ1n) is 4.68. The number of halogens is 4. The maximum absolute atomic E-state index is 13.2. The number of benzene rings is 1. The van der Waals surface area contributed by atoms with Gasteiger partial charge in [0.05, 0.1) is 27.3 Å². The van der Waals surface area contributed by atoms with E-state index in [1.54, 1.807) is 12.3 Å². The predicted octanol–water partition coefficient (Wildman–Crippen LogP) is 5.10.